The molecule has 2 saturated heterocycles. The molecule has 2 aliphatic rings. The van der Waals surface area contributed by atoms with Crippen LogP contribution in [0.2, 0.25) is 0 Å². The Balaban J connectivity index is 1.38. The van der Waals surface area contributed by atoms with Crippen molar-refractivity contribution in [3.63, 3.8) is 0 Å². The van der Waals surface area contributed by atoms with Crippen LogP contribution in [0.1, 0.15) is 47.8 Å². The summed E-state index contributed by atoms with van der Waals surface area (Å²) in [7, 11) is 1.72. The zero-order valence-corrected chi connectivity index (χ0v) is 18.6. The average molecular weight is 441 g/mol. The van der Waals surface area contributed by atoms with Gasteiger partial charge in [0.25, 0.3) is 5.91 Å². The second-order valence-electron chi connectivity index (χ2n) is 8.07. The minimum absolute atomic E-state index is 0.0275. The number of methoxy groups -OCH3 is 1. The molecule has 9 heteroatoms. The fraction of sp³-hybridized carbons (Fsp3) is 0.545. The van der Waals surface area contributed by atoms with Crippen LogP contribution in [0, 0.1) is 11.3 Å². The molecule has 2 aliphatic heterocycles. The van der Waals surface area contributed by atoms with Gasteiger partial charge < -0.3 is 15.0 Å². The zero-order chi connectivity index (χ0) is 21.6. The van der Waals surface area contributed by atoms with E-state index in [0.29, 0.717) is 36.4 Å². The number of hydrogen-bond acceptors (Lipinski definition) is 8. The number of nitrogens with zero attached hydrogens (tertiary/aromatic N) is 5. The number of anilines is 2. The molecule has 0 bridgehead atoms. The lowest BCUT2D eigenvalue weighted by atomic mass is 9.94. The number of nitriles is 1. The van der Waals surface area contributed by atoms with E-state index in [1.54, 1.807) is 12.5 Å². The average Bonchev–Trinajstić information content (AvgIpc) is 3.28. The van der Waals surface area contributed by atoms with Crippen molar-refractivity contribution in [3.8, 4) is 6.07 Å². The minimum atomic E-state index is -0.0275. The lowest BCUT2D eigenvalue weighted by Gasteiger charge is -2.30. The highest BCUT2D eigenvalue weighted by atomic mass is 32.1. The van der Waals surface area contributed by atoms with E-state index in [2.05, 4.69) is 21.3 Å². The molecule has 1 atom stereocenters. The molecule has 0 unspecified atom stereocenters. The Bertz CT molecular complexity index is 934. The van der Waals surface area contributed by atoms with Gasteiger partial charge in [0.05, 0.1) is 18.7 Å². The third-order valence-electron chi connectivity index (χ3n) is 6.01. The minimum Gasteiger partial charge on any atom is -0.381 e. The summed E-state index contributed by atoms with van der Waals surface area (Å²) in [6, 6.07) is 8.20. The van der Waals surface area contributed by atoms with Gasteiger partial charge in [-0.3, -0.25) is 9.69 Å². The van der Waals surface area contributed by atoms with Crippen LogP contribution in [-0.2, 0) is 4.74 Å². The lowest BCUT2D eigenvalue weighted by Crippen LogP contribution is -2.40. The van der Waals surface area contributed by atoms with Gasteiger partial charge in [0.1, 0.15) is 11.5 Å². The molecule has 4 rings (SSSR count). The monoisotopic (exact) mass is 440 g/mol. The van der Waals surface area contributed by atoms with E-state index >= 15 is 0 Å². The van der Waals surface area contributed by atoms with Crippen molar-refractivity contribution in [2.45, 2.75) is 37.7 Å². The number of likely N-dealkylation sites (tertiary alicyclic amines) is 2. The molecular formula is C22H28N6O2S. The molecule has 2 aromatic heterocycles. The number of ether oxygens (including phenoxy) is 1. The van der Waals surface area contributed by atoms with Crippen molar-refractivity contribution in [2.75, 3.05) is 45.2 Å². The van der Waals surface area contributed by atoms with Crippen molar-refractivity contribution >= 4 is 28.2 Å². The summed E-state index contributed by atoms with van der Waals surface area (Å²) in [4.78, 5) is 26.1. The molecular weight excluding hydrogens is 412 g/mol. The summed E-state index contributed by atoms with van der Waals surface area (Å²) in [6.45, 7) is 3.70. The summed E-state index contributed by atoms with van der Waals surface area (Å²) >= 11 is 1.41. The quantitative estimate of drug-likeness (QED) is 0.689. The van der Waals surface area contributed by atoms with Crippen LogP contribution in [-0.4, -0.2) is 71.6 Å². The number of thiazole rings is 1. The molecule has 0 radical (unpaired) electrons. The molecule has 0 aliphatic carbocycles. The summed E-state index contributed by atoms with van der Waals surface area (Å²) < 4.78 is 5.38. The van der Waals surface area contributed by atoms with Crippen molar-refractivity contribution in [2.24, 2.45) is 0 Å². The standard InChI is InChI=1S/C22H28N6O2S/c1-30-17-7-11-28(12-8-17)21(29)19-15-31-22(25-19)26-20-6-2-5-18(24-20)16-4-3-10-27(14-16)13-9-23/h2,5-6,15-17H,3-4,7-8,10-14H2,1H3,(H,24,25,26)/t16-/m0/s1. The van der Waals surface area contributed by atoms with Gasteiger partial charge in [-0.05, 0) is 44.4 Å². The molecule has 31 heavy (non-hydrogen) atoms. The van der Waals surface area contributed by atoms with E-state index in [-0.39, 0.29) is 12.0 Å². The first-order chi connectivity index (χ1) is 15.2. The predicted molar refractivity (Wildman–Crippen MR) is 120 cm³/mol. The van der Waals surface area contributed by atoms with Gasteiger partial charge in [-0.15, -0.1) is 11.3 Å². The highest BCUT2D eigenvalue weighted by Crippen LogP contribution is 2.28. The second-order valence-corrected chi connectivity index (χ2v) is 8.93. The second kappa shape index (κ2) is 10.2. The molecule has 0 spiro atoms. The molecule has 1 N–H and O–H groups in total. The smallest absolute Gasteiger partial charge is 0.273 e. The Kier molecular flexibility index (Phi) is 7.12. The van der Waals surface area contributed by atoms with Crippen LogP contribution in [0.3, 0.4) is 0 Å². The number of hydrogen-bond donors (Lipinski definition) is 1. The van der Waals surface area contributed by atoms with E-state index < -0.39 is 0 Å². The molecule has 2 aromatic rings. The summed E-state index contributed by atoms with van der Waals surface area (Å²) in [5.41, 5.74) is 1.50. The van der Waals surface area contributed by atoms with Crippen LogP contribution in [0.25, 0.3) is 0 Å². The number of pyridine rings is 1. The highest BCUT2D eigenvalue weighted by molar-refractivity contribution is 7.14. The number of aromatic nitrogens is 2. The van der Waals surface area contributed by atoms with Gasteiger partial charge >= 0.3 is 0 Å². The van der Waals surface area contributed by atoms with Crippen molar-refractivity contribution in [3.05, 3.63) is 35.0 Å². The van der Waals surface area contributed by atoms with E-state index in [0.717, 1.165) is 50.3 Å². The summed E-state index contributed by atoms with van der Waals surface area (Å²) in [5.74, 6) is 1.02. The molecule has 164 valence electrons. The number of nitrogens with one attached hydrogen (secondary N) is 1. The van der Waals surface area contributed by atoms with Crippen LogP contribution >= 0.6 is 11.3 Å². The number of rotatable bonds is 6. The number of carbonyl (C=O) groups is 1. The number of piperidine rings is 2. The largest absolute Gasteiger partial charge is 0.381 e. The van der Waals surface area contributed by atoms with E-state index in [1.165, 1.54) is 11.3 Å². The molecule has 8 nitrogen and oxygen atoms in total. The van der Waals surface area contributed by atoms with Crippen LogP contribution in [0.4, 0.5) is 10.9 Å². The van der Waals surface area contributed by atoms with Crippen molar-refractivity contribution < 1.29 is 9.53 Å². The van der Waals surface area contributed by atoms with Crippen LogP contribution < -0.4 is 5.32 Å². The van der Waals surface area contributed by atoms with Crippen molar-refractivity contribution in [1.82, 2.24) is 19.8 Å². The molecule has 0 aromatic carbocycles. The van der Waals surface area contributed by atoms with Gasteiger partial charge in [-0.25, -0.2) is 9.97 Å². The van der Waals surface area contributed by atoms with Crippen molar-refractivity contribution in [1.29, 1.82) is 5.26 Å². The third kappa shape index (κ3) is 5.39. The van der Waals surface area contributed by atoms with Crippen LogP contribution in [0.5, 0.6) is 0 Å². The maximum Gasteiger partial charge on any atom is 0.273 e. The predicted octanol–water partition coefficient (Wildman–Crippen LogP) is 3.24. The third-order valence-corrected chi connectivity index (χ3v) is 6.77. The molecule has 4 heterocycles. The Morgan fingerprint density at radius 2 is 2.13 bits per heavy atom. The SMILES string of the molecule is COC1CCN(C(=O)c2csc(Nc3cccc([C@H]4CCCN(CC#N)C4)n3)n2)CC1. The lowest BCUT2D eigenvalue weighted by molar-refractivity contribution is 0.0348. The van der Waals surface area contributed by atoms with Gasteiger partial charge in [0.15, 0.2) is 5.13 Å². The van der Waals surface area contributed by atoms with E-state index in [1.807, 2.05) is 23.1 Å². The summed E-state index contributed by atoms with van der Waals surface area (Å²) in [6.07, 6.45) is 4.12. The first-order valence-corrected chi connectivity index (χ1v) is 11.6. The van der Waals surface area contributed by atoms with Gasteiger partial charge in [-0.2, -0.15) is 5.26 Å². The first-order valence-electron chi connectivity index (χ1n) is 10.8. The van der Waals surface area contributed by atoms with Crippen LogP contribution in [0.15, 0.2) is 23.6 Å². The number of carbonyl (C=O) groups excluding carboxylic acids is 1. The first kappa shape index (κ1) is 21.7. The van der Waals surface area contributed by atoms with Gasteiger partial charge in [-0.1, -0.05) is 6.07 Å². The number of amides is 1. The fourth-order valence-electron chi connectivity index (χ4n) is 4.28. The van der Waals surface area contributed by atoms with E-state index in [9.17, 15) is 4.79 Å². The zero-order valence-electron chi connectivity index (χ0n) is 17.8. The summed E-state index contributed by atoms with van der Waals surface area (Å²) in [5, 5.41) is 14.7. The Hall–Kier alpha value is -2.54. The Morgan fingerprint density at radius 1 is 1.29 bits per heavy atom. The molecule has 0 saturated carbocycles. The van der Waals surface area contributed by atoms with Gasteiger partial charge in [0.2, 0.25) is 0 Å². The molecule has 1 amide bonds. The highest BCUT2D eigenvalue weighted by Gasteiger charge is 2.25. The Morgan fingerprint density at radius 3 is 2.90 bits per heavy atom. The normalized spacial score (nSPS) is 20.4. The maximum atomic E-state index is 12.8. The Labute approximate surface area is 186 Å². The van der Waals surface area contributed by atoms with Gasteiger partial charge in [0, 0.05) is 43.7 Å². The maximum absolute atomic E-state index is 12.8. The molecule has 2 fully saturated rings. The topological polar surface area (TPSA) is 94.4 Å². The fourth-order valence-corrected chi connectivity index (χ4v) is 4.98. The van der Waals surface area contributed by atoms with E-state index in [4.69, 9.17) is 15.0 Å².